The van der Waals surface area contributed by atoms with Crippen molar-refractivity contribution in [3.8, 4) is 11.1 Å². The average molecular weight is 551 g/mol. The molecule has 0 aromatic heterocycles. The van der Waals surface area contributed by atoms with Gasteiger partial charge in [-0.3, -0.25) is 0 Å². The van der Waals surface area contributed by atoms with E-state index in [1.54, 1.807) is 30.3 Å². The normalized spacial score (nSPS) is 18.4. The van der Waals surface area contributed by atoms with Crippen molar-refractivity contribution >= 4 is 50.8 Å². The molecule has 1 aliphatic heterocycles. The molecule has 0 fully saturated rings. The van der Waals surface area contributed by atoms with Crippen molar-refractivity contribution in [2.24, 2.45) is 5.16 Å². The Kier molecular flexibility index (Phi) is 6.50. The molecule has 0 spiro atoms. The summed E-state index contributed by atoms with van der Waals surface area (Å²) in [7, 11) is -4.65. The van der Waals surface area contributed by atoms with Crippen molar-refractivity contribution in [2.75, 3.05) is 0 Å². The second-order valence-electron chi connectivity index (χ2n) is 7.25. The minimum absolute atomic E-state index is 0.0665. The van der Waals surface area contributed by atoms with Gasteiger partial charge in [-0.25, -0.2) is 0 Å². The van der Waals surface area contributed by atoms with Gasteiger partial charge >= 0.3 is 16.3 Å². The fourth-order valence-electron chi connectivity index (χ4n) is 3.48. The summed E-state index contributed by atoms with van der Waals surface area (Å²) in [6.07, 6.45) is -6.07. The Morgan fingerprint density at radius 2 is 1.59 bits per heavy atom. The van der Waals surface area contributed by atoms with Gasteiger partial charge in [0.1, 0.15) is 4.90 Å². The zero-order chi connectivity index (χ0) is 24.7. The van der Waals surface area contributed by atoms with Crippen molar-refractivity contribution in [1.82, 2.24) is 0 Å². The Hall–Kier alpha value is -2.46. The minimum atomic E-state index is -5.01. The van der Waals surface area contributed by atoms with Gasteiger partial charge in [0.05, 0.1) is 6.42 Å². The Morgan fingerprint density at radius 3 is 2.21 bits per heavy atom. The zero-order valence-corrected chi connectivity index (χ0v) is 19.9. The van der Waals surface area contributed by atoms with Crippen LogP contribution >= 0.6 is 34.8 Å². The topological polar surface area (TPSA) is 65.0 Å². The molecule has 5 nitrogen and oxygen atoms in total. The molecular formula is C22H13Cl3F3NO4S. The van der Waals surface area contributed by atoms with E-state index in [-0.39, 0.29) is 25.5 Å². The van der Waals surface area contributed by atoms with Gasteiger partial charge in [0.2, 0.25) is 0 Å². The summed E-state index contributed by atoms with van der Waals surface area (Å²) in [5, 5.41) is 3.28. The number of benzene rings is 3. The Morgan fingerprint density at radius 1 is 0.941 bits per heavy atom. The molecule has 1 unspecified atom stereocenters. The highest BCUT2D eigenvalue weighted by molar-refractivity contribution is 7.87. The monoisotopic (exact) mass is 549 g/mol. The number of oxime groups is 1. The summed E-state index contributed by atoms with van der Waals surface area (Å²) < 4.78 is 73.6. The van der Waals surface area contributed by atoms with Crippen molar-refractivity contribution in [2.45, 2.75) is 23.1 Å². The fourth-order valence-corrected chi connectivity index (χ4v) is 5.50. The van der Waals surface area contributed by atoms with Gasteiger partial charge in [-0.2, -0.15) is 21.6 Å². The maximum absolute atomic E-state index is 14.1. The number of alkyl halides is 3. The van der Waals surface area contributed by atoms with Crippen LogP contribution < -0.4 is 0 Å². The number of halogens is 6. The van der Waals surface area contributed by atoms with E-state index in [0.29, 0.717) is 5.56 Å². The summed E-state index contributed by atoms with van der Waals surface area (Å²) in [5.74, 6) is -0.799. The van der Waals surface area contributed by atoms with Crippen LogP contribution in [0.25, 0.3) is 11.1 Å². The summed E-state index contributed by atoms with van der Waals surface area (Å²) in [6.45, 7) is 0. The van der Waals surface area contributed by atoms with Crippen molar-refractivity contribution < 1.29 is 30.6 Å². The number of nitrogens with zero attached hydrogens (tertiary/aromatic N) is 1. The molecule has 0 radical (unpaired) electrons. The van der Waals surface area contributed by atoms with Crippen LogP contribution in [0.3, 0.4) is 0 Å². The molecule has 34 heavy (non-hydrogen) atoms. The second kappa shape index (κ2) is 8.96. The quantitative estimate of drug-likeness (QED) is 0.322. The average Bonchev–Trinajstić information content (AvgIpc) is 3.18. The lowest BCUT2D eigenvalue weighted by Gasteiger charge is -2.29. The third kappa shape index (κ3) is 4.57. The predicted octanol–water partition coefficient (Wildman–Crippen LogP) is 7.21. The van der Waals surface area contributed by atoms with Gasteiger partial charge < -0.3 is 9.02 Å². The van der Waals surface area contributed by atoms with Crippen LogP contribution in [0.15, 0.2) is 76.8 Å². The number of hydrogen-bond donors (Lipinski definition) is 0. The van der Waals surface area contributed by atoms with Crippen LogP contribution in [0.1, 0.15) is 12.0 Å². The molecule has 0 amide bonds. The second-order valence-corrected chi connectivity index (χ2v) is 10.0. The van der Waals surface area contributed by atoms with Crippen LogP contribution in [-0.2, 0) is 24.7 Å². The highest BCUT2D eigenvalue weighted by Crippen LogP contribution is 2.49. The van der Waals surface area contributed by atoms with E-state index in [4.69, 9.17) is 43.8 Å². The summed E-state index contributed by atoms with van der Waals surface area (Å²) in [5.41, 5.74) is -2.89. The first-order valence-electron chi connectivity index (χ1n) is 9.50. The molecule has 1 atom stereocenters. The third-order valence-corrected chi connectivity index (χ3v) is 7.05. The Labute approximate surface area is 207 Å². The third-order valence-electron chi connectivity index (χ3n) is 5.00. The van der Waals surface area contributed by atoms with Gasteiger partial charge in [-0.05, 0) is 41.1 Å². The lowest BCUT2D eigenvalue weighted by molar-refractivity contribution is -0.275. The first-order valence-corrected chi connectivity index (χ1v) is 12.0. The lowest BCUT2D eigenvalue weighted by atomic mass is 9.90. The van der Waals surface area contributed by atoms with Crippen molar-refractivity contribution in [1.29, 1.82) is 0 Å². The molecule has 1 heterocycles. The predicted molar refractivity (Wildman–Crippen MR) is 122 cm³/mol. The van der Waals surface area contributed by atoms with Gasteiger partial charge in [0.25, 0.3) is 11.5 Å². The highest BCUT2D eigenvalue weighted by Gasteiger charge is 2.63. The lowest BCUT2D eigenvalue weighted by Crippen LogP contribution is -2.43. The first-order chi connectivity index (χ1) is 15.9. The Bertz CT molecular complexity index is 1360. The van der Waals surface area contributed by atoms with E-state index >= 15 is 0 Å². The molecule has 0 saturated carbocycles. The fraction of sp³-hybridized carbons (Fsp3) is 0.136. The summed E-state index contributed by atoms with van der Waals surface area (Å²) >= 11 is 18.0. The molecule has 0 N–H and O–H groups in total. The SMILES string of the molecule is O=S(=O)(OC1=NOC(c2cc(Cl)cc(Cl)c2)(C(F)(F)F)C1)c1cccc(Cl)c1-c1ccccc1. The van der Waals surface area contributed by atoms with E-state index in [0.717, 1.165) is 12.1 Å². The Balaban J connectivity index is 1.70. The van der Waals surface area contributed by atoms with Gasteiger partial charge in [-0.15, -0.1) is 0 Å². The molecule has 4 rings (SSSR count). The van der Waals surface area contributed by atoms with Gasteiger partial charge in [0.15, 0.2) is 0 Å². The van der Waals surface area contributed by atoms with Crippen LogP contribution in [0.2, 0.25) is 15.1 Å². The first kappa shape index (κ1) is 24.7. The van der Waals surface area contributed by atoms with Crippen LogP contribution in [0.5, 0.6) is 0 Å². The molecule has 3 aromatic rings. The van der Waals surface area contributed by atoms with Crippen LogP contribution in [-0.4, -0.2) is 20.5 Å². The summed E-state index contributed by atoms with van der Waals surface area (Å²) in [4.78, 5) is 4.42. The van der Waals surface area contributed by atoms with Crippen molar-refractivity contribution in [3.63, 3.8) is 0 Å². The molecule has 3 aromatic carbocycles. The van der Waals surface area contributed by atoms with E-state index in [1.807, 2.05) is 0 Å². The van der Waals surface area contributed by atoms with Crippen LogP contribution in [0, 0.1) is 0 Å². The summed E-state index contributed by atoms with van der Waals surface area (Å²) in [6, 6.07) is 15.7. The molecule has 0 bridgehead atoms. The van der Waals surface area contributed by atoms with E-state index in [2.05, 4.69) is 5.16 Å². The van der Waals surface area contributed by atoms with E-state index in [1.165, 1.54) is 24.3 Å². The maximum Gasteiger partial charge on any atom is 0.435 e. The number of hydrogen-bond acceptors (Lipinski definition) is 5. The standard InChI is InChI=1S/C22H13Cl3F3NO4S/c23-15-9-14(10-16(24)11-15)21(22(26,27)28)12-19(29-33-21)32-34(30,31)18-8-4-7-17(25)20(18)13-5-2-1-3-6-13/h1-11H,12H2. The maximum atomic E-state index is 14.1. The zero-order valence-electron chi connectivity index (χ0n) is 16.8. The molecular weight excluding hydrogens is 538 g/mol. The smallest absolute Gasteiger partial charge is 0.371 e. The van der Waals surface area contributed by atoms with E-state index in [9.17, 15) is 21.6 Å². The van der Waals surface area contributed by atoms with Gasteiger partial charge in [-0.1, -0.05) is 71.2 Å². The minimum Gasteiger partial charge on any atom is -0.371 e. The van der Waals surface area contributed by atoms with Crippen molar-refractivity contribution in [3.05, 3.63) is 87.4 Å². The molecule has 0 saturated heterocycles. The molecule has 12 heteroatoms. The highest BCUT2D eigenvalue weighted by atomic mass is 35.5. The number of rotatable bonds is 4. The molecule has 0 aliphatic carbocycles. The molecule has 1 aliphatic rings. The largest absolute Gasteiger partial charge is 0.435 e. The van der Waals surface area contributed by atoms with Crippen LogP contribution in [0.4, 0.5) is 13.2 Å². The molecule has 178 valence electrons. The van der Waals surface area contributed by atoms with E-state index < -0.39 is 39.8 Å². The van der Waals surface area contributed by atoms with Gasteiger partial charge in [0, 0.05) is 26.2 Å².